The van der Waals surface area contributed by atoms with Crippen molar-refractivity contribution in [1.29, 1.82) is 0 Å². The Morgan fingerprint density at radius 3 is 2.37 bits per heavy atom. The lowest BCUT2D eigenvalue weighted by molar-refractivity contribution is 0.358. The lowest BCUT2D eigenvalue weighted by atomic mass is 9.80. The first kappa shape index (κ1) is 13.1. The Balaban J connectivity index is 1.69. The molecule has 1 atom stereocenters. The molecule has 0 amide bonds. The second-order valence-corrected chi connectivity index (χ2v) is 6.20. The Labute approximate surface area is 117 Å². The van der Waals surface area contributed by atoms with Gasteiger partial charge in [-0.3, -0.25) is 0 Å². The highest BCUT2D eigenvalue weighted by Gasteiger charge is 2.22. The van der Waals surface area contributed by atoms with Crippen molar-refractivity contribution in [2.24, 2.45) is 0 Å². The first-order chi connectivity index (χ1) is 9.36. The summed E-state index contributed by atoms with van der Waals surface area (Å²) in [5.74, 6) is 1.53. The zero-order chi connectivity index (χ0) is 13.1. The van der Waals surface area contributed by atoms with Crippen molar-refractivity contribution in [2.45, 2.75) is 50.0 Å². The van der Waals surface area contributed by atoms with Crippen LogP contribution in [0.15, 0.2) is 24.3 Å². The van der Waals surface area contributed by atoms with Gasteiger partial charge in [0.1, 0.15) is 0 Å². The maximum absolute atomic E-state index is 3.47. The fraction of sp³-hybridized carbons (Fsp3) is 0.647. The van der Waals surface area contributed by atoms with Gasteiger partial charge in [0, 0.05) is 12.6 Å². The average Bonchev–Trinajstić information content (AvgIpc) is 3.02. The van der Waals surface area contributed by atoms with Crippen molar-refractivity contribution >= 4 is 0 Å². The highest BCUT2D eigenvalue weighted by Crippen LogP contribution is 2.34. The summed E-state index contributed by atoms with van der Waals surface area (Å²) >= 11 is 0. The first-order valence-electron chi connectivity index (χ1n) is 7.84. The lowest BCUT2D eigenvalue weighted by Gasteiger charge is -2.29. The molecule has 2 nitrogen and oxygen atoms in total. The van der Waals surface area contributed by atoms with E-state index in [1.165, 1.54) is 38.6 Å². The second kappa shape index (κ2) is 6.06. The quantitative estimate of drug-likeness (QED) is 0.871. The van der Waals surface area contributed by atoms with Crippen LogP contribution in [0.25, 0.3) is 0 Å². The van der Waals surface area contributed by atoms with Gasteiger partial charge in [0.25, 0.3) is 0 Å². The Morgan fingerprint density at radius 2 is 1.74 bits per heavy atom. The van der Waals surface area contributed by atoms with E-state index >= 15 is 0 Å². The van der Waals surface area contributed by atoms with Crippen molar-refractivity contribution in [3.8, 4) is 0 Å². The molecule has 1 aliphatic carbocycles. The van der Waals surface area contributed by atoms with Gasteiger partial charge in [-0.05, 0) is 68.7 Å². The standard InChI is InChI=1S/C17H26N2/c1-18-17-7-5-13(6-8-17)14-3-2-4-15(11-14)16-9-10-19-12-16/h2-4,11,13,16-19H,5-10,12H2,1H3. The van der Waals surface area contributed by atoms with Crippen molar-refractivity contribution in [3.05, 3.63) is 35.4 Å². The molecular weight excluding hydrogens is 232 g/mol. The van der Waals surface area contributed by atoms with Crippen LogP contribution >= 0.6 is 0 Å². The van der Waals surface area contributed by atoms with Gasteiger partial charge in [0.15, 0.2) is 0 Å². The van der Waals surface area contributed by atoms with Gasteiger partial charge in [-0.25, -0.2) is 0 Å². The summed E-state index contributed by atoms with van der Waals surface area (Å²) < 4.78 is 0. The molecule has 0 radical (unpaired) electrons. The van der Waals surface area contributed by atoms with Crippen LogP contribution in [0, 0.1) is 0 Å². The smallest absolute Gasteiger partial charge is 0.00644 e. The molecule has 1 aromatic rings. The number of nitrogens with one attached hydrogen (secondary N) is 2. The maximum atomic E-state index is 3.47. The van der Waals surface area contributed by atoms with Crippen LogP contribution in [0.4, 0.5) is 0 Å². The molecule has 1 aromatic carbocycles. The molecular formula is C17H26N2. The molecule has 0 spiro atoms. The van der Waals surface area contributed by atoms with Crippen LogP contribution in [0.3, 0.4) is 0 Å². The molecule has 2 aliphatic rings. The third-order valence-electron chi connectivity index (χ3n) is 5.05. The van der Waals surface area contributed by atoms with Crippen LogP contribution in [0.1, 0.15) is 55.1 Å². The molecule has 0 aromatic heterocycles. The molecule has 2 heteroatoms. The largest absolute Gasteiger partial charge is 0.317 e. The molecule has 1 heterocycles. The normalized spacial score (nSPS) is 31.5. The van der Waals surface area contributed by atoms with Gasteiger partial charge >= 0.3 is 0 Å². The van der Waals surface area contributed by atoms with E-state index in [1.807, 2.05) is 0 Å². The van der Waals surface area contributed by atoms with Crippen LogP contribution in [0.2, 0.25) is 0 Å². The minimum atomic E-state index is 0.744. The first-order valence-corrected chi connectivity index (χ1v) is 7.84. The van der Waals surface area contributed by atoms with Gasteiger partial charge in [0.05, 0.1) is 0 Å². The summed E-state index contributed by atoms with van der Waals surface area (Å²) in [5.41, 5.74) is 3.14. The third-order valence-corrected chi connectivity index (χ3v) is 5.05. The molecule has 104 valence electrons. The topological polar surface area (TPSA) is 24.1 Å². The van der Waals surface area contributed by atoms with Gasteiger partial charge in [-0.2, -0.15) is 0 Å². The van der Waals surface area contributed by atoms with Gasteiger partial charge < -0.3 is 10.6 Å². The molecule has 0 bridgehead atoms. The summed E-state index contributed by atoms with van der Waals surface area (Å²) in [5, 5.41) is 6.90. The van der Waals surface area contributed by atoms with Crippen molar-refractivity contribution in [1.82, 2.24) is 10.6 Å². The fourth-order valence-corrected chi connectivity index (χ4v) is 3.72. The third kappa shape index (κ3) is 3.01. The summed E-state index contributed by atoms with van der Waals surface area (Å²) in [6.45, 7) is 2.35. The fourth-order valence-electron chi connectivity index (χ4n) is 3.72. The Kier molecular flexibility index (Phi) is 4.19. The van der Waals surface area contributed by atoms with Crippen molar-refractivity contribution < 1.29 is 0 Å². The van der Waals surface area contributed by atoms with E-state index in [-0.39, 0.29) is 0 Å². The molecule has 2 N–H and O–H groups in total. The number of benzene rings is 1. The van der Waals surface area contributed by atoms with E-state index in [1.54, 1.807) is 11.1 Å². The van der Waals surface area contributed by atoms with E-state index in [9.17, 15) is 0 Å². The van der Waals surface area contributed by atoms with Crippen molar-refractivity contribution in [2.75, 3.05) is 20.1 Å². The second-order valence-electron chi connectivity index (χ2n) is 6.20. The van der Waals surface area contributed by atoms with E-state index in [2.05, 4.69) is 41.9 Å². The van der Waals surface area contributed by atoms with E-state index in [4.69, 9.17) is 0 Å². The van der Waals surface area contributed by atoms with E-state index in [0.717, 1.165) is 24.4 Å². The number of hydrogen-bond donors (Lipinski definition) is 2. The summed E-state index contributed by atoms with van der Waals surface area (Å²) in [7, 11) is 2.10. The molecule has 1 saturated heterocycles. The van der Waals surface area contributed by atoms with Gasteiger partial charge in [-0.1, -0.05) is 24.3 Å². The lowest BCUT2D eigenvalue weighted by Crippen LogP contribution is -2.29. The minimum Gasteiger partial charge on any atom is -0.317 e. The highest BCUT2D eigenvalue weighted by molar-refractivity contribution is 5.30. The Morgan fingerprint density at radius 1 is 1.00 bits per heavy atom. The Bertz CT molecular complexity index is 401. The zero-order valence-electron chi connectivity index (χ0n) is 12.0. The van der Waals surface area contributed by atoms with Crippen LogP contribution < -0.4 is 10.6 Å². The predicted molar refractivity (Wildman–Crippen MR) is 80.7 cm³/mol. The Hall–Kier alpha value is -0.860. The highest BCUT2D eigenvalue weighted by atomic mass is 14.9. The molecule has 19 heavy (non-hydrogen) atoms. The van der Waals surface area contributed by atoms with Gasteiger partial charge in [-0.15, -0.1) is 0 Å². The molecule has 1 saturated carbocycles. The maximum Gasteiger partial charge on any atom is 0.00644 e. The molecule has 3 rings (SSSR count). The van der Waals surface area contributed by atoms with E-state index in [0.29, 0.717) is 0 Å². The van der Waals surface area contributed by atoms with E-state index < -0.39 is 0 Å². The predicted octanol–water partition coefficient (Wildman–Crippen LogP) is 3.01. The van der Waals surface area contributed by atoms with Gasteiger partial charge in [0.2, 0.25) is 0 Å². The molecule has 1 aliphatic heterocycles. The van der Waals surface area contributed by atoms with Crippen LogP contribution in [-0.4, -0.2) is 26.2 Å². The summed E-state index contributed by atoms with van der Waals surface area (Å²) in [6, 6.07) is 10.2. The van der Waals surface area contributed by atoms with Crippen LogP contribution in [-0.2, 0) is 0 Å². The summed E-state index contributed by atoms with van der Waals surface area (Å²) in [4.78, 5) is 0. The molecule has 1 unspecified atom stereocenters. The number of rotatable bonds is 3. The van der Waals surface area contributed by atoms with Crippen molar-refractivity contribution in [3.63, 3.8) is 0 Å². The SMILES string of the molecule is CNC1CCC(c2cccc(C3CCNC3)c2)CC1. The van der Waals surface area contributed by atoms with Crippen LogP contribution in [0.5, 0.6) is 0 Å². The zero-order valence-corrected chi connectivity index (χ0v) is 12.0. The minimum absolute atomic E-state index is 0.744. The number of hydrogen-bond acceptors (Lipinski definition) is 2. The molecule has 2 fully saturated rings. The summed E-state index contributed by atoms with van der Waals surface area (Å²) in [6.07, 6.45) is 6.65. The monoisotopic (exact) mass is 258 g/mol. The average molecular weight is 258 g/mol.